The molecule has 2 aliphatic rings. The van der Waals surface area contributed by atoms with Gasteiger partial charge in [0.1, 0.15) is 12.3 Å². The Morgan fingerprint density at radius 2 is 2.08 bits per heavy atom. The summed E-state index contributed by atoms with van der Waals surface area (Å²) in [5, 5.41) is 2.84. The maximum Gasteiger partial charge on any atom is 0.272 e. The van der Waals surface area contributed by atoms with Crippen molar-refractivity contribution < 1.29 is 14.3 Å². The predicted octanol–water partition coefficient (Wildman–Crippen LogP) is 0.303. The number of ether oxygens (including phenoxy) is 1. The van der Waals surface area contributed by atoms with Gasteiger partial charge in [-0.2, -0.15) is 0 Å². The molecule has 1 spiro atoms. The Hall–Kier alpha value is -2.22. The first-order valence-electron chi connectivity index (χ1n) is 8.23. The molecule has 0 radical (unpaired) electrons. The van der Waals surface area contributed by atoms with E-state index < -0.39 is 0 Å². The number of nitrogens with one attached hydrogen (secondary N) is 1. The Labute approximate surface area is 140 Å². The minimum Gasteiger partial charge on any atom is -0.368 e. The van der Waals surface area contributed by atoms with Crippen molar-refractivity contribution >= 4 is 17.8 Å². The summed E-state index contributed by atoms with van der Waals surface area (Å²) in [6, 6.07) is 1.71. The van der Waals surface area contributed by atoms with Crippen LogP contribution in [0.25, 0.3) is 0 Å². The van der Waals surface area contributed by atoms with Gasteiger partial charge in [-0.3, -0.25) is 9.59 Å². The molecule has 3 N–H and O–H groups in total. The third-order valence-corrected chi connectivity index (χ3v) is 4.65. The second-order valence-corrected chi connectivity index (χ2v) is 6.73. The topological polar surface area (TPSA) is 110 Å². The van der Waals surface area contributed by atoms with E-state index in [1.807, 2.05) is 13.8 Å². The molecule has 0 atom stereocenters. The highest BCUT2D eigenvalue weighted by Crippen LogP contribution is 2.28. The van der Waals surface area contributed by atoms with Gasteiger partial charge in [0.05, 0.1) is 5.60 Å². The first-order valence-corrected chi connectivity index (χ1v) is 8.23. The minimum atomic E-state index is -0.349. The zero-order chi connectivity index (χ0) is 17.3. The quantitative estimate of drug-likeness (QED) is 0.805. The van der Waals surface area contributed by atoms with Gasteiger partial charge in [-0.1, -0.05) is 13.8 Å². The number of aromatic nitrogens is 2. The van der Waals surface area contributed by atoms with Crippen LogP contribution in [0.15, 0.2) is 6.07 Å². The predicted molar refractivity (Wildman–Crippen MR) is 87.4 cm³/mol. The molecule has 2 fully saturated rings. The molecule has 0 aliphatic carbocycles. The fourth-order valence-corrected chi connectivity index (χ4v) is 3.07. The SMILES string of the molecule is CC(C)c1cc(C(=O)N2CCC3(CC2)CNC(=O)CO3)nc(N)n1. The van der Waals surface area contributed by atoms with Crippen molar-refractivity contribution in [1.29, 1.82) is 0 Å². The summed E-state index contributed by atoms with van der Waals surface area (Å²) in [7, 11) is 0. The molecule has 0 aromatic carbocycles. The number of hydrogen-bond acceptors (Lipinski definition) is 6. The van der Waals surface area contributed by atoms with E-state index in [0.717, 1.165) is 5.69 Å². The molecule has 8 nitrogen and oxygen atoms in total. The fraction of sp³-hybridized carbons (Fsp3) is 0.625. The molecule has 130 valence electrons. The average Bonchev–Trinajstić information content (AvgIpc) is 2.57. The fourth-order valence-electron chi connectivity index (χ4n) is 3.07. The van der Waals surface area contributed by atoms with Crippen molar-refractivity contribution in [2.24, 2.45) is 0 Å². The highest BCUT2D eigenvalue weighted by molar-refractivity contribution is 5.92. The van der Waals surface area contributed by atoms with Crippen LogP contribution in [0.1, 0.15) is 48.8 Å². The van der Waals surface area contributed by atoms with Crippen LogP contribution in [-0.4, -0.2) is 58.5 Å². The number of piperidine rings is 1. The molecule has 3 heterocycles. The number of anilines is 1. The molecular weight excluding hydrogens is 310 g/mol. The van der Waals surface area contributed by atoms with Crippen LogP contribution in [0.5, 0.6) is 0 Å². The van der Waals surface area contributed by atoms with Crippen molar-refractivity contribution in [3.8, 4) is 0 Å². The lowest BCUT2D eigenvalue weighted by molar-refractivity contribution is -0.149. The molecule has 2 amide bonds. The van der Waals surface area contributed by atoms with Crippen molar-refractivity contribution in [3.05, 3.63) is 17.5 Å². The summed E-state index contributed by atoms with van der Waals surface area (Å²) in [6.45, 7) is 5.72. The van der Waals surface area contributed by atoms with Gasteiger partial charge >= 0.3 is 0 Å². The molecule has 0 unspecified atom stereocenters. The molecule has 1 aromatic rings. The van der Waals surface area contributed by atoms with Crippen LogP contribution >= 0.6 is 0 Å². The van der Waals surface area contributed by atoms with Gasteiger partial charge in [-0.05, 0) is 24.8 Å². The highest BCUT2D eigenvalue weighted by atomic mass is 16.5. The van der Waals surface area contributed by atoms with E-state index in [-0.39, 0.29) is 35.9 Å². The smallest absolute Gasteiger partial charge is 0.272 e. The number of morpholine rings is 1. The van der Waals surface area contributed by atoms with Crippen molar-refractivity contribution in [3.63, 3.8) is 0 Å². The van der Waals surface area contributed by atoms with E-state index in [2.05, 4.69) is 15.3 Å². The molecular formula is C16H23N5O3. The van der Waals surface area contributed by atoms with Gasteiger partial charge in [0.25, 0.3) is 5.91 Å². The van der Waals surface area contributed by atoms with E-state index in [1.165, 1.54) is 0 Å². The van der Waals surface area contributed by atoms with Crippen molar-refractivity contribution in [2.75, 3.05) is 32.0 Å². The molecule has 24 heavy (non-hydrogen) atoms. The van der Waals surface area contributed by atoms with Crippen LogP contribution in [-0.2, 0) is 9.53 Å². The number of carbonyl (C=O) groups is 2. The van der Waals surface area contributed by atoms with Gasteiger partial charge in [-0.25, -0.2) is 9.97 Å². The molecule has 0 saturated carbocycles. The summed E-state index contributed by atoms with van der Waals surface area (Å²) in [4.78, 5) is 34.0. The summed E-state index contributed by atoms with van der Waals surface area (Å²) < 4.78 is 5.73. The molecule has 1 aromatic heterocycles. The maximum absolute atomic E-state index is 12.7. The van der Waals surface area contributed by atoms with E-state index in [1.54, 1.807) is 11.0 Å². The normalized spacial score (nSPS) is 20.3. The number of nitrogen functional groups attached to an aromatic ring is 1. The summed E-state index contributed by atoms with van der Waals surface area (Å²) in [6.07, 6.45) is 1.38. The third-order valence-electron chi connectivity index (χ3n) is 4.65. The number of likely N-dealkylation sites (tertiary alicyclic amines) is 1. The third kappa shape index (κ3) is 3.33. The number of rotatable bonds is 2. The van der Waals surface area contributed by atoms with Crippen LogP contribution < -0.4 is 11.1 Å². The zero-order valence-corrected chi connectivity index (χ0v) is 14.0. The van der Waals surface area contributed by atoms with Crippen molar-refractivity contribution in [1.82, 2.24) is 20.2 Å². The molecule has 2 aliphatic heterocycles. The second kappa shape index (κ2) is 6.35. The molecule has 0 bridgehead atoms. The van der Waals surface area contributed by atoms with Crippen LogP contribution in [0.2, 0.25) is 0 Å². The number of amides is 2. The number of nitrogens with two attached hydrogens (primary N) is 1. The van der Waals surface area contributed by atoms with Gasteiger partial charge in [-0.15, -0.1) is 0 Å². The second-order valence-electron chi connectivity index (χ2n) is 6.73. The van der Waals surface area contributed by atoms with Crippen LogP contribution in [0.3, 0.4) is 0 Å². The highest BCUT2D eigenvalue weighted by Gasteiger charge is 2.40. The van der Waals surface area contributed by atoms with E-state index in [4.69, 9.17) is 10.5 Å². The molecule has 3 rings (SSSR count). The van der Waals surface area contributed by atoms with Gasteiger partial charge in [0.15, 0.2) is 0 Å². The lowest BCUT2D eigenvalue weighted by Crippen LogP contribution is -2.58. The van der Waals surface area contributed by atoms with Crippen LogP contribution in [0, 0.1) is 0 Å². The average molecular weight is 333 g/mol. The lowest BCUT2D eigenvalue weighted by atomic mass is 9.90. The Balaban J connectivity index is 1.68. The number of nitrogens with zero attached hydrogens (tertiary/aromatic N) is 3. The maximum atomic E-state index is 12.7. The standard InChI is InChI=1S/C16H23N5O3/c1-10(2)11-7-12(20-15(17)19-11)14(23)21-5-3-16(4-6-21)9-18-13(22)8-24-16/h7,10H,3-6,8-9H2,1-2H3,(H,18,22)(H2,17,19,20). The van der Waals surface area contributed by atoms with Gasteiger partial charge in [0.2, 0.25) is 11.9 Å². The molecule has 8 heteroatoms. The molecule has 2 saturated heterocycles. The Morgan fingerprint density at radius 3 is 2.67 bits per heavy atom. The largest absolute Gasteiger partial charge is 0.368 e. The zero-order valence-electron chi connectivity index (χ0n) is 14.0. The number of carbonyl (C=O) groups excluding carboxylic acids is 2. The number of hydrogen-bond donors (Lipinski definition) is 2. The van der Waals surface area contributed by atoms with Crippen LogP contribution in [0.4, 0.5) is 5.95 Å². The Kier molecular flexibility index (Phi) is 4.40. The Bertz CT molecular complexity index is 641. The monoisotopic (exact) mass is 333 g/mol. The van der Waals surface area contributed by atoms with Gasteiger partial charge in [0, 0.05) is 25.3 Å². The Morgan fingerprint density at radius 1 is 1.38 bits per heavy atom. The van der Waals surface area contributed by atoms with E-state index in [9.17, 15) is 9.59 Å². The summed E-state index contributed by atoms with van der Waals surface area (Å²) in [5.41, 5.74) is 6.48. The van der Waals surface area contributed by atoms with E-state index in [0.29, 0.717) is 38.2 Å². The first kappa shape index (κ1) is 16.6. The van der Waals surface area contributed by atoms with Crippen molar-refractivity contribution in [2.45, 2.75) is 38.2 Å². The van der Waals surface area contributed by atoms with Gasteiger partial charge < -0.3 is 20.7 Å². The summed E-state index contributed by atoms with van der Waals surface area (Å²) in [5.74, 6) is 0.0691. The van der Waals surface area contributed by atoms with E-state index >= 15 is 0 Å². The summed E-state index contributed by atoms with van der Waals surface area (Å²) >= 11 is 0. The first-order chi connectivity index (χ1) is 11.4. The lowest BCUT2D eigenvalue weighted by Gasteiger charge is -2.43. The minimum absolute atomic E-state index is 0.0863.